The van der Waals surface area contributed by atoms with E-state index in [1.54, 1.807) is 42.7 Å². The summed E-state index contributed by atoms with van der Waals surface area (Å²) in [6, 6.07) is 4.40. The van der Waals surface area contributed by atoms with Crippen molar-refractivity contribution in [1.82, 2.24) is 29.2 Å². The van der Waals surface area contributed by atoms with Crippen LogP contribution in [-0.4, -0.2) is 67.4 Å². The molecule has 1 saturated heterocycles. The van der Waals surface area contributed by atoms with Gasteiger partial charge in [-0.1, -0.05) is 6.07 Å². The van der Waals surface area contributed by atoms with Gasteiger partial charge in [-0.2, -0.15) is 8.78 Å². The number of rotatable bonds is 4. The number of imidazole rings is 1. The van der Waals surface area contributed by atoms with Crippen molar-refractivity contribution in [3.8, 4) is 16.9 Å². The Balaban J connectivity index is 1.29. The predicted octanol–water partition coefficient (Wildman–Crippen LogP) is 3.77. The Morgan fingerprint density at radius 3 is 2.55 bits per heavy atom. The van der Waals surface area contributed by atoms with Crippen molar-refractivity contribution in [3.05, 3.63) is 65.5 Å². The number of hydrogen-bond donors (Lipinski definition) is 1. The number of aromatic nitrogens is 5. The Bertz CT molecular complexity index is 1630. The van der Waals surface area contributed by atoms with Gasteiger partial charge in [0.2, 0.25) is 11.7 Å². The zero-order valence-electron chi connectivity index (χ0n) is 22.1. The third-order valence-electron chi connectivity index (χ3n) is 8.46. The third-order valence-corrected chi connectivity index (χ3v) is 8.46. The second-order valence-corrected chi connectivity index (χ2v) is 11.1. The number of amides is 1. The number of hydrogen-bond acceptors (Lipinski definition) is 8. The summed E-state index contributed by atoms with van der Waals surface area (Å²) in [5, 5.41) is 0. The van der Waals surface area contributed by atoms with E-state index in [-0.39, 0.29) is 29.2 Å². The fourth-order valence-corrected chi connectivity index (χ4v) is 6.22. The smallest absolute Gasteiger partial charge is 0.387 e. The molecule has 0 radical (unpaired) electrons. The first-order valence-electron chi connectivity index (χ1n) is 13.3. The van der Waals surface area contributed by atoms with Crippen LogP contribution in [0.15, 0.2) is 43.0 Å². The molecule has 2 unspecified atom stereocenters. The van der Waals surface area contributed by atoms with Crippen LogP contribution >= 0.6 is 0 Å². The van der Waals surface area contributed by atoms with E-state index in [0.717, 1.165) is 42.8 Å². The second-order valence-electron chi connectivity index (χ2n) is 11.1. The predicted molar refractivity (Wildman–Crippen MR) is 142 cm³/mol. The average Bonchev–Trinajstić information content (AvgIpc) is 3.46. The van der Waals surface area contributed by atoms with Crippen molar-refractivity contribution >= 4 is 17.6 Å². The molecule has 0 spiro atoms. The fourth-order valence-electron chi connectivity index (χ4n) is 6.22. The third kappa shape index (κ3) is 3.88. The van der Waals surface area contributed by atoms with E-state index in [4.69, 9.17) is 15.5 Å². The van der Waals surface area contributed by atoms with Crippen LogP contribution in [0.5, 0.6) is 5.75 Å². The lowest BCUT2D eigenvalue weighted by Gasteiger charge is -2.36. The van der Waals surface area contributed by atoms with E-state index in [9.17, 15) is 13.6 Å². The summed E-state index contributed by atoms with van der Waals surface area (Å²) >= 11 is 0. The monoisotopic (exact) mass is 546 g/mol. The van der Waals surface area contributed by atoms with Crippen molar-refractivity contribution in [2.45, 2.75) is 50.3 Å². The van der Waals surface area contributed by atoms with Crippen molar-refractivity contribution in [3.63, 3.8) is 0 Å². The Hall–Kier alpha value is -4.19. The van der Waals surface area contributed by atoms with Crippen LogP contribution < -0.4 is 15.4 Å². The summed E-state index contributed by atoms with van der Waals surface area (Å²) in [7, 11) is 1.72. The Morgan fingerprint density at radius 2 is 1.82 bits per heavy atom. The number of carbonyl (C=O) groups is 1. The number of halogens is 2. The van der Waals surface area contributed by atoms with Crippen molar-refractivity contribution in [2.24, 2.45) is 5.73 Å². The molecular weight excluding hydrogens is 518 g/mol. The standard InChI is InChI=1S/C28H28F2N8O2/c1-28(31)6-8-37(9-7-28)26-32-11-15(12-33-26)16-13-34-27-35-22-19-10-18(23(22)38(27)14-16)21-17(24(39)36(19)2)4-3-5-20(21)40-25(29)30/h3-5,11-14,18-19,25H,6-10,31H2,1-2H3. The highest BCUT2D eigenvalue weighted by Gasteiger charge is 2.46. The maximum absolute atomic E-state index is 13.4. The molecule has 0 saturated carbocycles. The van der Waals surface area contributed by atoms with Crippen LogP contribution in [0, 0.1) is 0 Å². The molecule has 7 rings (SSSR count). The molecule has 2 atom stereocenters. The SMILES string of the molecule is CN1C(=O)c2cccc(OC(F)F)c2C2CC1c1nc3ncc(-c4cnc(N5CCC(C)(N)CC5)nc4)cn3c12. The molecule has 2 aliphatic heterocycles. The minimum absolute atomic E-state index is 0.00321. The van der Waals surface area contributed by atoms with Crippen LogP contribution in [0.3, 0.4) is 0 Å². The van der Waals surface area contributed by atoms with Gasteiger partial charge in [0.05, 0.1) is 17.4 Å². The Kier molecular flexibility index (Phi) is 5.53. The first-order valence-corrected chi connectivity index (χ1v) is 13.3. The normalized spacial score (nSPS) is 21.5. The van der Waals surface area contributed by atoms with Gasteiger partial charge in [0, 0.05) is 78.6 Å². The van der Waals surface area contributed by atoms with Gasteiger partial charge in [0.25, 0.3) is 5.91 Å². The van der Waals surface area contributed by atoms with Gasteiger partial charge in [0.1, 0.15) is 5.75 Å². The molecule has 3 aliphatic rings. The van der Waals surface area contributed by atoms with Gasteiger partial charge in [-0.3, -0.25) is 9.20 Å². The number of benzene rings is 1. The maximum Gasteiger partial charge on any atom is 0.387 e. The number of piperidine rings is 1. The van der Waals surface area contributed by atoms with E-state index >= 15 is 0 Å². The molecule has 1 amide bonds. The fraction of sp³-hybridized carbons (Fsp3) is 0.393. The topological polar surface area (TPSA) is 115 Å². The summed E-state index contributed by atoms with van der Waals surface area (Å²) in [6.45, 7) is 0.668. The summed E-state index contributed by atoms with van der Waals surface area (Å²) in [6.07, 6.45) is 9.45. The van der Waals surface area contributed by atoms with Gasteiger partial charge in [-0.05, 0) is 38.3 Å². The molecule has 4 aromatic rings. The summed E-state index contributed by atoms with van der Waals surface area (Å²) < 4.78 is 33.5. The lowest BCUT2D eigenvalue weighted by molar-refractivity contribution is -0.0506. The number of alkyl halides is 2. The molecule has 206 valence electrons. The zero-order valence-corrected chi connectivity index (χ0v) is 22.1. The Labute approximate surface area is 228 Å². The molecule has 10 nitrogen and oxygen atoms in total. The largest absolute Gasteiger partial charge is 0.434 e. The Morgan fingerprint density at radius 1 is 1.10 bits per heavy atom. The number of carbonyl (C=O) groups excluding carboxylic acids is 1. The lowest BCUT2D eigenvalue weighted by atomic mass is 9.91. The van der Waals surface area contributed by atoms with Crippen LogP contribution in [0.4, 0.5) is 14.7 Å². The van der Waals surface area contributed by atoms with Crippen molar-refractivity contribution in [1.29, 1.82) is 0 Å². The summed E-state index contributed by atoms with van der Waals surface area (Å²) in [5.41, 5.74) is 10.0. The second kappa shape index (κ2) is 8.91. The minimum atomic E-state index is -3.01. The zero-order chi connectivity index (χ0) is 27.8. The van der Waals surface area contributed by atoms with Crippen LogP contribution in [0.25, 0.3) is 16.9 Å². The van der Waals surface area contributed by atoms with Gasteiger partial charge < -0.3 is 20.3 Å². The highest BCUT2D eigenvalue weighted by atomic mass is 19.3. The van der Waals surface area contributed by atoms with Crippen LogP contribution in [-0.2, 0) is 0 Å². The molecule has 3 aromatic heterocycles. The molecular formula is C28H28F2N8O2. The summed E-state index contributed by atoms with van der Waals surface area (Å²) in [4.78, 5) is 35.7. The highest BCUT2D eigenvalue weighted by Crippen LogP contribution is 2.52. The van der Waals surface area contributed by atoms with Crippen LogP contribution in [0.1, 0.15) is 65.5 Å². The molecule has 2 N–H and O–H groups in total. The molecule has 1 aliphatic carbocycles. The maximum atomic E-state index is 13.4. The van der Waals surface area contributed by atoms with Crippen molar-refractivity contribution in [2.75, 3.05) is 25.0 Å². The number of nitrogens with zero attached hydrogens (tertiary/aromatic N) is 7. The van der Waals surface area contributed by atoms with E-state index in [1.165, 1.54) is 6.07 Å². The average molecular weight is 547 g/mol. The molecule has 1 fully saturated rings. The molecule has 12 heteroatoms. The molecule has 5 heterocycles. The van der Waals surface area contributed by atoms with E-state index < -0.39 is 6.61 Å². The van der Waals surface area contributed by atoms with Gasteiger partial charge >= 0.3 is 6.61 Å². The quantitative estimate of drug-likeness (QED) is 0.412. The number of anilines is 1. The van der Waals surface area contributed by atoms with Crippen LogP contribution in [0.2, 0.25) is 0 Å². The van der Waals surface area contributed by atoms with E-state index in [1.807, 2.05) is 10.6 Å². The lowest BCUT2D eigenvalue weighted by Crippen LogP contribution is -2.48. The van der Waals surface area contributed by atoms with E-state index in [2.05, 4.69) is 26.8 Å². The van der Waals surface area contributed by atoms with Gasteiger partial charge in [-0.25, -0.2) is 19.9 Å². The minimum Gasteiger partial charge on any atom is -0.434 e. The van der Waals surface area contributed by atoms with E-state index in [0.29, 0.717) is 35.0 Å². The van der Waals surface area contributed by atoms with Crippen molar-refractivity contribution < 1.29 is 18.3 Å². The molecule has 1 aromatic carbocycles. The number of nitrogens with two attached hydrogens (primary N) is 1. The molecule has 40 heavy (non-hydrogen) atoms. The first kappa shape index (κ1) is 24.8. The number of ether oxygens (including phenoxy) is 1. The van der Waals surface area contributed by atoms with Gasteiger partial charge in [-0.15, -0.1) is 0 Å². The van der Waals surface area contributed by atoms with Gasteiger partial charge in [0.15, 0.2) is 0 Å². The summed E-state index contributed by atoms with van der Waals surface area (Å²) in [5.74, 6) is 0.509. The number of fused-ring (bicyclic) bond motifs is 9. The highest BCUT2D eigenvalue weighted by molar-refractivity contribution is 5.98. The molecule has 2 bridgehead atoms. The first-order chi connectivity index (χ1) is 19.2.